The summed E-state index contributed by atoms with van der Waals surface area (Å²) in [6.07, 6.45) is 0.800. The quantitative estimate of drug-likeness (QED) is 0.542. The maximum absolute atomic E-state index is 13.1. The van der Waals surface area contributed by atoms with Gasteiger partial charge in [0.05, 0.1) is 29.3 Å². The van der Waals surface area contributed by atoms with Crippen molar-refractivity contribution in [1.82, 2.24) is 15.1 Å². The minimum Gasteiger partial charge on any atom is -0.493 e. The van der Waals surface area contributed by atoms with Gasteiger partial charge in [-0.2, -0.15) is 0 Å². The molecule has 1 heterocycles. The van der Waals surface area contributed by atoms with Gasteiger partial charge in [0.1, 0.15) is 5.75 Å². The van der Waals surface area contributed by atoms with Gasteiger partial charge >= 0.3 is 0 Å². The van der Waals surface area contributed by atoms with Crippen LogP contribution in [0.5, 0.6) is 5.75 Å². The average Bonchev–Trinajstić information content (AvgIpc) is 3.16. The second kappa shape index (κ2) is 9.37. The Morgan fingerprint density at radius 1 is 1.11 bits per heavy atom. The lowest BCUT2D eigenvalue weighted by molar-refractivity contribution is 0.0724. The van der Waals surface area contributed by atoms with Gasteiger partial charge < -0.3 is 14.1 Å². The van der Waals surface area contributed by atoms with E-state index in [4.69, 9.17) is 20.8 Å². The van der Waals surface area contributed by atoms with E-state index >= 15 is 0 Å². The van der Waals surface area contributed by atoms with Gasteiger partial charge in [-0.05, 0) is 37.6 Å². The van der Waals surface area contributed by atoms with Crippen LogP contribution in [0.15, 0.2) is 52.9 Å². The number of hydrogen-bond acceptors (Lipinski definition) is 5. The van der Waals surface area contributed by atoms with E-state index in [1.54, 1.807) is 23.1 Å². The van der Waals surface area contributed by atoms with Crippen molar-refractivity contribution in [3.8, 4) is 17.2 Å². The van der Waals surface area contributed by atoms with Crippen molar-refractivity contribution in [3.05, 3.63) is 65.0 Å². The molecule has 1 aromatic heterocycles. The molecule has 0 aliphatic heterocycles. The highest BCUT2D eigenvalue weighted by Gasteiger charge is 2.22. The smallest absolute Gasteiger partial charge is 0.258 e. The van der Waals surface area contributed by atoms with E-state index in [1.165, 1.54) is 0 Å². The summed E-state index contributed by atoms with van der Waals surface area (Å²) >= 11 is 6.19. The molecule has 1 amide bonds. The highest BCUT2D eigenvalue weighted by molar-refractivity contribution is 6.33. The molecule has 2 aromatic carbocycles. The fourth-order valence-electron chi connectivity index (χ4n) is 2.84. The molecule has 0 unspecified atom stereocenters. The number of carbonyl (C=O) groups excluding carboxylic acids is 1. The fraction of sp³-hybridized carbons (Fsp3) is 0.286. The normalized spacial score (nSPS) is 10.7. The highest BCUT2D eigenvalue weighted by Crippen LogP contribution is 2.27. The highest BCUT2D eigenvalue weighted by atomic mass is 35.5. The van der Waals surface area contributed by atoms with Gasteiger partial charge in [-0.1, -0.05) is 42.8 Å². The van der Waals surface area contributed by atoms with Gasteiger partial charge in [0, 0.05) is 6.54 Å². The van der Waals surface area contributed by atoms with Crippen LogP contribution in [0.2, 0.25) is 5.02 Å². The first kappa shape index (κ1) is 19.9. The number of hydrogen-bond donors (Lipinski definition) is 0. The summed E-state index contributed by atoms with van der Waals surface area (Å²) in [5.74, 6) is 1.12. The van der Waals surface area contributed by atoms with Gasteiger partial charge in [0.25, 0.3) is 5.91 Å². The van der Waals surface area contributed by atoms with Crippen molar-refractivity contribution in [1.29, 1.82) is 0 Å². The molecule has 0 N–H and O–H groups in total. The Morgan fingerprint density at radius 2 is 1.86 bits per heavy atom. The summed E-state index contributed by atoms with van der Waals surface area (Å²) in [5, 5.41) is 8.70. The first-order valence-electron chi connectivity index (χ1n) is 9.22. The van der Waals surface area contributed by atoms with Gasteiger partial charge in [0.2, 0.25) is 11.8 Å². The molecule has 7 heteroatoms. The molecular formula is C21H22ClN3O3. The van der Waals surface area contributed by atoms with Crippen LogP contribution < -0.4 is 4.74 Å². The van der Waals surface area contributed by atoms with E-state index in [9.17, 15) is 4.79 Å². The molecule has 0 radical (unpaired) electrons. The van der Waals surface area contributed by atoms with Crippen LogP contribution >= 0.6 is 11.6 Å². The number of aromatic nitrogens is 2. The lowest BCUT2D eigenvalue weighted by atomic mass is 10.1. The molecule has 6 nitrogen and oxygen atoms in total. The van der Waals surface area contributed by atoms with Crippen molar-refractivity contribution in [3.63, 3.8) is 0 Å². The third-order valence-corrected chi connectivity index (χ3v) is 4.42. The van der Waals surface area contributed by atoms with Gasteiger partial charge in [-0.3, -0.25) is 4.79 Å². The van der Waals surface area contributed by atoms with Crippen LogP contribution in [-0.4, -0.2) is 34.2 Å². The minimum absolute atomic E-state index is 0.136. The van der Waals surface area contributed by atoms with Crippen molar-refractivity contribution in [2.45, 2.75) is 26.8 Å². The van der Waals surface area contributed by atoms with Crippen LogP contribution in [0.3, 0.4) is 0 Å². The van der Waals surface area contributed by atoms with Crippen LogP contribution in [0.25, 0.3) is 11.5 Å². The lowest BCUT2D eigenvalue weighted by Crippen LogP contribution is -2.31. The Kier molecular flexibility index (Phi) is 6.66. The van der Waals surface area contributed by atoms with E-state index in [0.717, 1.165) is 6.42 Å². The SMILES string of the molecule is CCCN(Cc1nnc(-c2ccccc2Cl)o1)C(=O)c1ccccc1OCC. The summed E-state index contributed by atoms with van der Waals surface area (Å²) in [6, 6.07) is 14.5. The van der Waals surface area contributed by atoms with Crippen LogP contribution in [0.4, 0.5) is 0 Å². The summed E-state index contributed by atoms with van der Waals surface area (Å²) in [6.45, 7) is 5.16. The van der Waals surface area contributed by atoms with Crippen molar-refractivity contribution in [2.75, 3.05) is 13.2 Å². The number of carbonyl (C=O) groups is 1. The van der Waals surface area contributed by atoms with Crippen molar-refractivity contribution >= 4 is 17.5 Å². The van der Waals surface area contributed by atoms with E-state index in [2.05, 4.69) is 10.2 Å². The minimum atomic E-state index is -0.136. The molecule has 0 bridgehead atoms. The standard InChI is InChI=1S/C21H22ClN3O3/c1-3-13-25(21(26)16-10-6-8-12-18(16)27-4-2)14-19-23-24-20(28-19)15-9-5-7-11-17(15)22/h5-12H,3-4,13-14H2,1-2H3. The second-order valence-electron chi connectivity index (χ2n) is 6.14. The number of ether oxygens (including phenoxy) is 1. The molecule has 28 heavy (non-hydrogen) atoms. The van der Waals surface area contributed by atoms with Crippen LogP contribution in [-0.2, 0) is 6.54 Å². The number of nitrogens with zero attached hydrogens (tertiary/aromatic N) is 3. The van der Waals surface area contributed by atoms with E-state index in [-0.39, 0.29) is 12.5 Å². The molecule has 0 saturated carbocycles. The summed E-state index contributed by atoms with van der Waals surface area (Å²) in [4.78, 5) is 14.8. The molecule has 3 aromatic rings. The van der Waals surface area contributed by atoms with Crippen molar-refractivity contribution in [2.24, 2.45) is 0 Å². The molecule has 0 fully saturated rings. The number of para-hydroxylation sites is 1. The predicted octanol–water partition coefficient (Wildman–Crippen LogP) is 4.84. The molecule has 0 spiro atoms. The Morgan fingerprint density at radius 3 is 2.61 bits per heavy atom. The molecule has 0 saturated heterocycles. The molecular weight excluding hydrogens is 378 g/mol. The molecule has 0 aliphatic rings. The second-order valence-corrected chi connectivity index (χ2v) is 6.54. The lowest BCUT2D eigenvalue weighted by Gasteiger charge is -2.21. The largest absolute Gasteiger partial charge is 0.493 e. The maximum atomic E-state index is 13.1. The molecule has 0 aliphatic carbocycles. The van der Waals surface area contributed by atoms with E-state index < -0.39 is 0 Å². The van der Waals surface area contributed by atoms with Crippen LogP contribution in [0.1, 0.15) is 36.5 Å². The van der Waals surface area contributed by atoms with Crippen LogP contribution in [0, 0.1) is 0 Å². The average molecular weight is 400 g/mol. The zero-order valence-electron chi connectivity index (χ0n) is 15.9. The number of amides is 1. The Bertz CT molecular complexity index is 942. The van der Waals surface area contributed by atoms with Gasteiger partial charge in [0.15, 0.2) is 0 Å². The van der Waals surface area contributed by atoms with Gasteiger partial charge in [-0.25, -0.2) is 0 Å². The number of rotatable bonds is 8. The predicted molar refractivity (Wildman–Crippen MR) is 107 cm³/mol. The van der Waals surface area contributed by atoms with Gasteiger partial charge in [-0.15, -0.1) is 10.2 Å². The zero-order valence-corrected chi connectivity index (χ0v) is 16.6. The fourth-order valence-corrected chi connectivity index (χ4v) is 3.06. The first-order valence-corrected chi connectivity index (χ1v) is 9.60. The Labute approximate surface area is 169 Å². The molecule has 146 valence electrons. The first-order chi connectivity index (χ1) is 13.6. The third-order valence-electron chi connectivity index (χ3n) is 4.10. The Hall–Kier alpha value is -2.86. The summed E-state index contributed by atoms with van der Waals surface area (Å²) in [5.41, 5.74) is 1.18. The number of halogens is 1. The Balaban J connectivity index is 1.82. The zero-order chi connectivity index (χ0) is 19.9. The molecule has 3 rings (SSSR count). The third kappa shape index (κ3) is 4.51. The number of benzene rings is 2. The summed E-state index contributed by atoms with van der Waals surface area (Å²) < 4.78 is 11.4. The van der Waals surface area contributed by atoms with Crippen molar-refractivity contribution < 1.29 is 13.9 Å². The topological polar surface area (TPSA) is 68.5 Å². The summed E-state index contributed by atoms with van der Waals surface area (Å²) in [7, 11) is 0. The van der Waals surface area contributed by atoms with E-state index in [1.807, 2.05) is 44.2 Å². The van der Waals surface area contributed by atoms with E-state index in [0.29, 0.717) is 46.8 Å². The maximum Gasteiger partial charge on any atom is 0.258 e. The molecule has 0 atom stereocenters. The monoisotopic (exact) mass is 399 g/mol.